The van der Waals surface area contributed by atoms with Crippen LogP contribution in [0.1, 0.15) is 35.4 Å². The van der Waals surface area contributed by atoms with Crippen molar-refractivity contribution in [2.45, 2.75) is 46.1 Å². The lowest BCUT2D eigenvalue weighted by Gasteiger charge is -2.10. The topological polar surface area (TPSA) is 30.7 Å². The van der Waals surface area contributed by atoms with Gasteiger partial charge in [-0.1, -0.05) is 30.3 Å². The van der Waals surface area contributed by atoms with Gasteiger partial charge < -0.3 is 4.57 Å². The molecule has 0 saturated heterocycles. The third-order valence-corrected chi connectivity index (χ3v) is 5.15. The second kappa shape index (κ2) is 5.80. The van der Waals surface area contributed by atoms with Crippen LogP contribution in [0.4, 0.5) is 0 Å². The molecule has 1 aromatic carbocycles. The lowest BCUT2D eigenvalue weighted by atomic mass is 10.1. The molecule has 0 bridgehead atoms. The molecule has 3 aromatic rings. The maximum atomic E-state index is 4.49. The summed E-state index contributed by atoms with van der Waals surface area (Å²) in [5.74, 6) is 0.860. The zero-order valence-corrected chi connectivity index (χ0v) is 13.9. The fraction of sp³-hybridized carbons (Fsp3) is 0.400. The molecule has 0 N–H and O–H groups in total. The summed E-state index contributed by atoms with van der Waals surface area (Å²) in [7, 11) is 0. The van der Waals surface area contributed by atoms with E-state index in [-0.39, 0.29) is 0 Å². The van der Waals surface area contributed by atoms with Crippen LogP contribution in [0, 0.1) is 19.8 Å². The van der Waals surface area contributed by atoms with Crippen LogP contribution < -0.4 is 0 Å². The molecule has 118 valence electrons. The number of rotatable bonds is 5. The Morgan fingerprint density at radius 2 is 1.87 bits per heavy atom. The average Bonchev–Trinajstić information content (AvgIpc) is 3.37. The summed E-state index contributed by atoms with van der Waals surface area (Å²) in [5.41, 5.74) is 6.56. The van der Waals surface area contributed by atoms with Gasteiger partial charge >= 0.3 is 0 Å². The minimum atomic E-state index is 0.860. The average molecular weight is 305 g/mol. The number of aryl methyl sites for hydroxylation is 3. The van der Waals surface area contributed by atoms with Crippen molar-refractivity contribution in [2.24, 2.45) is 5.92 Å². The van der Waals surface area contributed by atoms with Gasteiger partial charge in [-0.05, 0) is 56.6 Å². The predicted octanol–water partition coefficient (Wildman–Crippen LogP) is 4.24. The highest BCUT2D eigenvalue weighted by Gasteiger charge is 2.25. The van der Waals surface area contributed by atoms with E-state index in [1.54, 1.807) is 0 Å². The molecule has 23 heavy (non-hydrogen) atoms. The molecule has 1 saturated carbocycles. The second-order valence-corrected chi connectivity index (χ2v) is 6.80. The van der Waals surface area contributed by atoms with Gasteiger partial charge in [0, 0.05) is 17.6 Å². The van der Waals surface area contributed by atoms with Crippen LogP contribution in [0.15, 0.2) is 36.5 Å². The largest absolute Gasteiger partial charge is 0.343 e. The molecule has 0 aliphatic heterocycles. The van der Waals surface area contributed by atoms with E-state index in [9.17, 15) is 0 Å². The zero-order valence-electron chi connectivity index (χ0n) is 13.9. The van der Waals surface area contributed by atoms with Crippen molar-refractivity contribution in [2.75, 3.05) is 0 Å². The van der Waals surface area contributed by atoms with Crippen LogP contribution in [-0.4, -0.2) is 14.8 Å². The van der Waals surface area contributed by atoms with Crippen molar-refractivity contribution in [3.63, 3.8) is 0 Å². The van der Waals surface area contributed by atoms with E-state index in [2.05, 4.69) is 58.9 Å². The fourth-order valence-corrected chi connectivity index (χ4v) is 3.42. The fourth-order valence-electron chi connectivity index (χ4n) is 3.42. The standard InChI is InChI=1S/C20H23N3/c1-14-15(2)23(13-17-8-9-17)20-18(14)12-21-22-19(20)11-10-16-6-4-3-5-7-16/h3-7,12,17H,8-11,13H2,1-2H3. The van der Waals surface area contributed by atoms with Crippen molar-refractivity contribution < 1.29 is 0 Å². The van der Waals surface area contributed by atoms with Gasteiger partial charge in [0.2, 0.25) is 0 Å². The first-order valence-electron chi connectivity index (χ1n) is 8.58. The van der Waals surface area contributed by atoms with Gasteiger partial charge in [0.1, 0.15) is 0 Å². The molecule has 2 heterocycles. The van der Waals surface area contributed by atoms with Gasteiger partial charge in [0.15, 0.2) is 0 Å². The molecule has 0 atom stereocenters. The van der Waals surface area contributed by atoms with Crippen LogP contribution in [0.2, 0.25) is 0 Å². The summed E-state index contributed by atoms with van der Waals surface area (Å²) in [5, 5.41) is 10.0. The van der Waals surface area contributed by atoms with Gasteiger partial charge in [-0.15, -0.1) is 0 Å². The van der Waals surface area contributed by atoms with Gasteiger partial charge in [0.05, 0.1) is 17.4 Å². The van der Waals surface area contributed by atoms with Crippen molar-refractivity contribution in [3.05, 3.63) is 59.0 Å². The summed E-state index contributed by atoms with van der Waals surface area (Å²) in [6, 6.07) is 10.6. The minimum absolute atomic E-state index is 0.860. The summed E-state index contributed by atoms with van der Waals surface area (Å²) >= 11 is 0. The highest BCUT2D eigenvalue weighted by Crippen LogP contribution is 2.35. The van der Waals surface area contributed by atoms with Crippen LogP contribution >= 0.6 is 0 Å². The number of benzene rings is 1. The van der Waals surface area contributed by atoms with E-state index in [4.69, 9.17) is 0 Å². The first-order chi connectivity index (χ1) is 11.2. The minimum Gasteiger partial charge on any atom is -0.343 e. The van der Waals surface area contributed by atoms with Crippen LogP contribution in [0.3, 0.4) is 0 Å². The third-order valence-electron chi connectivity index (χ3n) is 5.15. The molecular weight excluding hydrogens is 282 g/mol. The molecule has 3 nitrogen and oxygen atoms in total. The molecule has 1 aliphatic carbocycles. The Hall–Kier alpha value is -2.16. The number of hydrogen-bond donors (Lipinski definition) is 0. The lowest BCUT2D eigenvalue weighted by Crippen LogP contribution is -2.06. The van der Waals surface area contributed by atoms with Gasteiger partial charge in [-0.3, -0.25) is 0 Å². The quantitative estimate of drug-likeness (QED) is 0.706. The number of nitrogens with zero attached hydrogens (tertiary/aromatic N) is 3. The molecule has 0 spiro atoms. The van der Waals surface area contributed by atoms with Gasteiger partial charge in [-0.25, -0.2) is 0 Å². The highest BCUT2D eigenvalue weighted by atomic mass is 15.1. The van der Waals surface area contributed by atoms with Gasteiger partial charge in [0.25, 0.3) is 0 Å². The Kier molecular flexibility index (Phi) is 3.64. The van der Waals surface area contributed by atoms with Crippen molar-refractivity contribution in [3.8, 4) is 0 Å². The molecule has 1 fully saturated rings. The lowest BCUT2D eigenvalue weighted by molar-refractivity contribution is 0.628. The Balaban J connectivity index is 1.72. The van der Waals surface area contributed by atoms with Crippen LogP contribution in [0.5, 0.6) is 0 Å². The van der Waals surface area contributed by atoms with E-state index < -0.39 is 0 Å². The first kappa shape index (κ1) is 14.4. The number of fused-ring (bicyclic) bond motifs is 1. The van der Waals surface area contributed by atoms with Crippen LogP contribution in [0.25, 0.3) is 10.9 Å². The second-order valence-electron chi connectivity index (χ2n) is 6.80. The molecule has 2 aromatic heterocycles. The van der Waals surface area contributed by atoms with E-state index in [1.165, 1.54) is 40.6 Å². The van der Waals surface area contributed by atoms with Gasteiger partial charge in [-0.2, -0.15) is 10.2 Å². The smallest absolute Gasteiger partial charge is 0.0876 e. The molecule has 3 heteroatoms. The summed E-state index contributed by atoms with van der Waals surface area (Å²) in [6.45, 7) is 5.59. The SMILES string of the molecule is Cc1c(C)n(CC2CC2)c2c(CCc3ccccc3)nncc12. The Morgan fingerprint density at radius 1 is 1.09 bits per heavy atom. The summed E-state index contributed by atoms with van der Waals surface area (Å²) in [6.07, 6.45) is 6.64. The molecular formula is C20H23N3. The Bertz CT molecular complexity index is 829. The highest BCUT2D eigenvalue weighted by molar-refractivity contribution is 5.86. The monoisotopic (exact) mass is 305 g/mol. The van der Waals surface area contributed by atoms with E-state index in [0.717, 1.165) is 31.0 Å². The Morgan fingerprint density at radius 3 is 2.61 bits per heavy atom. The first-order valence-corrected chi connectivity index (χ1v) is 8.58. The normalized spacial score (nSPS) is 14.5. The molecule has 0 radical (unpaired) electrons. The predicted molar refractivity (Wildman–Crippen MR) is 93.6 cm³/mol. The number of hydrogen-bond acceptors (Lipinski definition) is 2. The maximum Gasteiger partial charge on any atom is 0.0876 e. The van der Waals surface area contributed by atoms with Crippen molar-refractivity contribution in [1.29, 1.82) is 0 Å². The molecule has 0 unspecified atom stereocenters. The van der Waals surface area contributed by atoms with Crippen LogP contribution in [-0.2, 0) is 19.4 Å². The molecule has 1 aliphatic rings. The van der Waals surface area contributed by atoms with Crippen molar-refractivity contribution in [1.82, 2.24) is 14.8 Å². The Labute approximate surface area is 137 Å². The van der Waals surface area contributed by atoms with E-state index >= 15 is 0 Å². The molecule has 4 rings (SSSR count). The summed E-state index contributed by atoms with van der Waals surface area (Å²) in [4.78, 5) is 0. The van der Waals surface area contributed by atoms with E-state index in [0.29, 0.717) is 0 Å². The molecule has 0 amide bonds. The van der Waals surface area contributed by atoms with E-state index in [1.807, 2.05) is 6.20 Å². The summed E-state index contributed by atoms with van der Waals surface area (Å²) < 4.78 is 2.50. The van der Waals surface area contributed by atoms with Crippen molar-refractivity contribution >= 4 is 10.9 Å². The zero-order chi connectivity index (χ0) is 15.8. The number of aromatic nitrogens is 3. The maximum absolute atomic E-state index is 4.49. The third kappa shape index (κ3) is 2.76.